The highest BCUT2D eigenvalue weighted by molar-refractivity contribution is 7.93. The van der Waals surface area contributed by atoms with Gasteiger partial charge in [0.25, 0.3) is 10.0 Å². The fourth-order valence-electron chi connectivity index (χ4n) is 1.84. The number of benzene rings is 1. The first-order chi connectivity index (χ1) is 9.85. The lowest BCUT2D eigenvalue weighted by molar-refractivity contribution is 0.598. The molecule has 1 heterocycles. The van der Waals surface area contributed by atoms with Gasteiger partial charge in [0.15, 0.2) is 0 Å². The molecule has 0 saturated carbocycles. The van der Waals surface area contributed by atoms with Gasteiger partial charge in [0.2, 0.25) is 0 Å². The Kier molecular flexibility index (Phi) is 4.88. The minimum Gasteiger partial charge on any atom is -0.315 e. The quantitative estimate of drug-likeness (QED) is 0.871. The van der Waals surface area contributed by atoms with Crippen LogP contribution in [0.2, 0.25) is 5.02 Å². The Hall–Kier alpha value is -1.15. The lowest BCUT2D eigenvalue weighted by atomic mass is 10.3. The van der Waals surface area contributed by atoms with Gasteiger partial charge in [-0.3, -0.25) is 4.72 Å². The van der Waals surface area contributed by atoms with Crippen LogP contribution in [0, 0.1) is 12.7 Å². The van der Waals surface area contributed by atoms with Crippen molar-refractivity contribution in [2.75, 3.05) is 11.8 Å². The maximum atomic E-state index is 13.7. The summed E-state index contributed by atoms with van der Waals surface area (Å²) in [6, 6.07) is 5.57. The van der Waals surface area contributed by atoms with E-state index in [2.05, 4.69) is 10.0 Å². The Balaban J connectivity index is 2.39. The second-order valence-electron chi connectivity index (χ2n) is 4.37. The van der Waals surface area contributed by atoms with E-state index in [9.17, 15) is 12.8 Å². The Morgan fingerprint density at radius 3 is 2.71 bits per heavy atom. The van der Waals surface area contributed by atoms with Crippen molar-refractivity contribution >= 4 is 38.6 Å². The number of sulfonamides is 1. The Morgan fingerprint density at radius 2 is 2.10 bits per heavy atom. The molecule has 4 nitrogen and oxygen atoms in total. The van der Waals surface area contributed by atoms with Gasteiger partial charge in [0.05, 0.1) is 5.02 Å². The van der Waals surface area contributed by atoms with Crippen LogP contribution in [-0.4, -0.2) is 15.5 Å². The molecule has 114 valence electrons. The number of hydrogen-bond donors (Lipinski definition) is 2. The molecule has 2 N–H and O–H groups in total. The fraction of sp³-hybridized carbons (Fsp3) is 0.231. The average molecular weight is 349 g/mol. The van der Waals surface area contributed by atoms with Crippen LogP contribution >= 0.6 is 22.9 Å². The summed E-state index contributed by atoms with van der Waals surface area (Å²) in [7, 11) is -2.10. The molecule has 0 aliphatic carbocycles. The molecule has 0 radical (unpaired) electrons. The molecule has 0 amide bonds. The zero-order valence-corrected chi connectivity index (χ0v) is 13.8. The van der Waals surface area contributed by atoms with Crippen LogP contribution in [0.1, 0.15) is 9.75 Å². The first-order valence-electron chi connectivity index (χ1n) is 6.06. The number of aryl methyl sites for hydroxylation is 1. The topological polar surface area (TPSA) is 58.2 Å². The van der Waals surface area contributed by atoms with E-state index >= 15 is 0 Å². The van der Waals surface area contributed by atoms with Crippen molar-refractivity contribution in [2.24, 2.45) is 0 Å². The average Bonchev–Trinajstić information content (AvgIpc) is 2.76. The lowest BCUT2D eigenvalue weighted by Crippen LogP contribution is -2.14. The molecule has 8 heteroatoms. The second-order valence-corrected chi connectivity index (χ2v) is 7.76. The van der Waals surface area contributed by atoms with E-state index < -0.39 is 15.8 Å². The molecular formula is C13H14ClFN2O2S2. The van der Waals surface area contributed by atoms with Gasteiger partial charge in [-0.15, -0.1) is 11.3 Å². The smallest absolute Gasteiger partial charge is 0.263 e. The highest BCUT2D eigenvalue weighted by atomic mass is 35.5. The third kappa shape index (κ3) is 3.55. The standard InChI is InChI=1S/C13H14ClFN2O2S2/c1-8-12(6-9(20-8)7-16-2)21(18,19)17-13-10(14)4-3-5-11(13)15/h3-6,16-17H,7H2,1-2H3. The molecule has 0 fully saturated rings. The normalized spacial score (nSPS) is 11.6. The van der Waals surface area contributed by atoms with E-state index in [1.807, 2.05) is 0 Å². The minimum atomic E-state index is -3.88. The first kappa shape index (κ1) is 16.2. The van der Waals surface area contributed by atoms with Gasteiger partial charge in [-0.25, -0.2) is 12.8 Å². The first-order valence-corrected chi connectivity index (χ1v) is 8.73. The van der Waals surface area contributed by atoms with Gasteiger partial charge in [0, 0.05) is 16.3 Å². The summed E-state index contributed by atoms with van der Waals surface area (Å²) in [5.74, 6) is -0.714. The number of anilines is 1. The van der Waals surface area contributed by atoms with Crippen LogP contribution < -0.4 is 10.0 Å². The highest BCUT2D eigenvalue weighted by Gasteiger charge is 2.22. The van der Waals surface area contributed by atoms with Crippen molar-refractivity contribution in [2.45, 2.75) is 18.4 Å². The van der Waals surface area contributed by atoms with Gasteiger partial charge >= 0.3 is 0 Å². The monoisotopic (exact) mass is 348 g/mol. The summed E-state index contributed by atoms with van der Waals surface area (Å²) in [5, 5.41) is 2.97. The Bertz CT molecular complexity index is 739. The molecule has 0 aliphatic heterocycles. The predicted octanol–water partition coefficient (Wildman–Crippen LogP) is 3.37. The molecule has 21 heavy (non-hydrogen) atoms. The third-order valence-electron chi connectivity index (χ3n) is 2.76. The van der Waals surface area contributed by atoms with Gasteiger partial charge in [-0.1, -0.05) is 17.7 Å². The number of hydrogen-bond acceptors (Lipinski definition) is 4. The zero-order valence-electron chi connectivity index (χ0n) is 11.4. The second kappa shape index (κ2) is 6.31. The molecule has 2 rings (SSSR count). The van der Waals surface area contributed by atoms with Crippen molar-refractivity contribution < 1.29 is 12.8 Å². The molecule has 0 atom stereocenters. The number of para-hydroxylation sites is 1. The predicted molar refractivity (Wildman–Crippen MR) is 84.0 cm³/mol. The van der Waals surface area contributed by atoms with E-state index in [1.54, 1.807) is 20.0 Å². The number of thiophene rings is 1. The molecule has 0 bridgehead atoms. The molecule has 0 saturated heterocycles. The van der Waals surface area contributed by atoms with Crippen molar-refractivity contribution in [3.8, 4) is 0 Å². The summed E-state index contributed by atoms with van der Waals surface area (Å²) in [5.41, 5.74) is -0.236. The van der Waals surface area contributed by atoms with Crippen LogP contribution in [-0.2, 0) is 16.6 Å². The maximum Gasteiger partial charge on any atom is 0.263 e. The van der Waals surface area contributed by atoms with E-state index in [0.29, 0.717) is 11.4 Å². The van der Waals surface area contributed by atoms with Crippen molar-refractivity contribution in [1.29, 1.82) is 0 Å². The maximum absolute atomic E-state index is 13.7. The summed E-state index contributed by atoms with van der Waals surface area (Å²) in [6.07, 6.45) is 0. The van der Waals surface area contributed by atoms with Gasteiger partial charge in [-0.05, 0) is 32.2 Å². The molecule has 0 unspecified atom stereocenters. The summed E-state index contributed by atoms with van der Waals surface area (Å²) in [4.78, 5) is 1.66. The van der Waals surface area contributed by atoms with Crippen LogP contribution in [0.5, 0.6) is 0 Å². The van der Waals surface area contributed by atoms with Crippen molar-refractivity contribution in [3.63, 3.8) is 0 Å². The molecular weight excluding hydrogens is 335 g/mol. The molecule has 2 aromatic rings. The van der Waals surface area contributed by atoms with E-state index in [-0.39, 0.29) is 15.6 Å². The molecule has 1 aromatic heterocycles. The van der Waals surface area contributed by atoms with Gasteiger partial charge < -0.3 is 5.32 Å². The zero-order chi connectivity index (χ0) is 15.6. The Morgan fingerprint density at radius 1 is 1.38 bits per heavy atom. The van der Waals surface area contributed by atoms with Crippen LogP contribution in [0.25, 0.3) is 0 Å². The van der Waals surface area contributed by atoms with Crippen LogP contribution in [0.4, 0.5) is 10.1 Å². The van der Waals surface area contributed by atoms with Gasteiger partial charge in [0.1, 0.15) is 16.4 Å². The number of rotatable bonds is 5. The minimum absolute atomic E-state index is 0.0157. The SMILES string of the molecule is CNCc1cc(S(=O)(=O)Nc2c(F)cccc2Cl)c(C)s1. The van der Waals surface area contributed by atoms with Crippen LogP contribution in [0.3, 0.4) is 0 Å². The number of halogens is 2. The Labute approximate surface area is 132 Å². The van der Waals surface area contributed by atoms with Crippen molar-refractivity contribution in [3.05, 3.63) is 44.9 Å². The van der Waals surface area contributed by atoms with E-state index in [0.717, 1.165) is 10.9 Å². The summed E-state index contributed by atoms with van der Waals surface area (Å²) < 4.78 is 40.7. The number of nitrogens with one attached hydrogen (secondary N) is 2. The molecule has 0 spiro atoms. The molecule has 1 aromatic carbocycles. The largest absolute Gasteiger partial charge is 0.315 e. The van der Waals surface area contributed by atoms with E-state index in [4.69, 9.17) is 11.6 Å². The van der Waals surface area contributed by atoms with E-state index in [1.165, 1.54) is 23.5 Å². The van der Waals surface area contributed by atoms with Crippen molar-refractivity contribution in [1.82, 2.24) is 5.32 Å². The van der Waals surface area contributed by atoms with Gasteiger partial charge in [-0.2, -0.15) is 0 Å². The summed E-state index contributed by atoms with van der Waals surface area (Å²) >= 11 is 7.22. The summed E-state index contributed by atoms with van der Waals surface area (Å²) in [6.45, 7) is 2.28. The third-order valence-corrected chi connectivity index (χ3v) is 5.73. The lowest BCUT2D eigenvalue weighted by Gasteiger charge is -2.10. The highest BCUT2D eigenvalue weighted by Crippen LogP contribution is 2.31. The van der Waals surface area contributed by atoms with Crippen LogP contribution in [0.15, 0.2) is 29.2 Å². The molecule has 0 aliphatic rings. The fourth-order valence-corrected chi connectivity index (χ4v) is 4.84.